The molecule has 0 saturated carbocycles. The van der Waals surface area contributed by atoms with Crippen molar-refractivity contribution >= 4 is 11.9 Å². The lowest BCUT2D eigenvalue weighted by atomic mass is 10.2. The van der Waals surface area contributed by atoms with Gasteiger partial charge >= 0.3 is 6.03 Å². The SMILES string of the molecule is O=C(c1ccc(F)cc1)N1CCN(C(=O)N2CCOCC2)CC1. The van der Waals surface area contributed by atoms with Gasteiger partial charge in [0.05, 0.1) is 13.2 Å². The number of morpholine rings is 1. The maximum atomic E-state index is 12.9. The second kappa shape index (κ2) is 6.95. The predicted octanol–water partition coefficient (Wildman–Crippen LogP) is 1.04. The van der Waals surface area contributed by atoms with Gasteiger partial charge in [-0.15, -0.1) is 0 Å². The molecule has 7 heteroatoms. The molecule has 2 fully saturated rings. The summed E-state index contributed by atoms with van der Waals surface area (Å²) < 4.78 is 18.2. The van der Waals surface area contributed by atoms with E-state index in [-0.39, 0.29) is 17.8 Å². The molecule has 0 atom stereocenters. The lowest BCUT2D eigenvalue weighted by molar-refractivity contribution is 0.0362. The van der Waals surface area contributed by atoms with Gasteiger partial charge in [-0.05, 0) is 24.3 Å². The van der Waals surface area contributed by atoms with Crippen LogP contribution in [0.1, 0.15) is 10.4 Å². The average Bonchev–Trinajstić information content (AvgIpc) is 2.62. The van der Waals surface area contributed by atoms with Crippen molar-refractivity contribution in [2.24, 2.45) is 0 Å². The van der Waals surface area contributed by atoms with Gasteiger partial charge in [-0.25, -0.2) is 9.18 Å². The Morgan fingerprint density at radius 2 is 1.35 bits per heavy atom. The number of hydrogen-bond donors (Lipinski definition) is 0. The van der Waals surface area contributed by atoms with Crippen LogP contribution in [0.2, 0.25) is 0 Å². The summed E-state index contributed by atoms with van der Waals surface area (Å²) in [4.78, 5) is 30.0. The molecule has 0 aliphatic carbocycles. The molecule has 1 aromatic carbocycles. The van der Waals surface area contributed by atoms with Crippen LogP contribution in [-0.2, 0) is 4.74 Å². The third-order valence-corrected chi connectivity index (χ3v) is 4.21. The molecular formula is C16H20FN3O3. The van der Waals surface area contributed by atoms with Crippen LogP contribution in [-0.4, -0.2) is 79.1 Å². The van der Waals surface area contributed by atoms with Crippen molar-refractivity contribution < 1.29 is 18.7 Å². The maximum Gasteiger partial charge on any atom is 0.320 e. The van der Waals surface area contributed by atoms with Crippen LogP contribution in [0.5, 0.6) is 0 Å². The van der Waals surface area contributed by atoms with Crippen LogP contribution in [0.15, 0.2) is 24.3 Å². The molecule has 3 rings (SSSR count). The molecule has 124 valence electrons. The Hall–Kier alpha value is -2.15. The van der Waals surface area contributed by atoms with Gasteiger partial charge in [0.1, 0.15) is 5.82 Å². The molecule has 2 aliphatic rings. The standard InChI is InChI=1S/C16H20FN3O3/c17-14-3-1-13(2-4-14)15(21)18-5-7-19(8-6-18)16(22)20-9-11-23-12-10-20/h1-4H,5-12H2. The van der Waals surface area contributed by atoms with Crippen LogP contribution in [0.4, 0.5) is 9.18 Å². The van der Waals surface area contributed by atoms with E-state index in [2.05, 4.69) is 0 Å². The number of halogens is 1. The Kier molecular flexibility index (Phi) is 4.76. The van der Waals surface area contributed by atoms with Crippen LogP contribution in [0.25, 0.3) is 0 Å². The summed E-state index contributed by atoms with van der Waals surface area (Å²) in [5, 5.41) is 0. The number of hydrogen-bond acceptors (Lipinski definition) is 3. The minimum Gasteiger partial charge on any atom is -0.378 e. The van der Waals surface area contributed by atoms with Gasteiger partial charge in [0.25, 0.3) is 5.91 Å². The minimum absolute atomic E-state index is 0.0159. The van der Waals surface area contributed by atoms with Gasteiger partial charge in [-0.2, -0.15) is 0 Å². The molecule has 3 amide bonds. The van der Waals surface area contributed by atoms with Gasteiger partial charge in [-0.1, -0.05) is 0 Å². The van der Waals surface area contributed by atoms with Crippen LogP contribution in [0.3, 0.4) is 0 Å². The number of nitrogens with zero attached hydrogens (tertiary/aromatic N) is 3. The monoisotopic (exact) mass is 321 g/mol. The third-order valence-electron chi connectivity index (χ3n) is 4.21. The normalized spacial score (nSPS) is 18.9. The van der Waals surface area contributed by atoms with E-state index in [4.69, 9.17) is 4.74 Å². The molecule has 2 aliphatic heterocycles. The quantitative estimate of drug-likeness (QED) is 0.776. The number of urea groups is 1. The highest BCUT2D eigenvalue weighted by molar-refractivity contribution is 5.94. The molecule has 0 aromatic heterocycles. The summed E-state index contributed by atoms with van der Waals surface area (Å²) in [5.74, 6) is -0.481. The summed E-state index contributed by atoms with van der Waals surface area (Å²) in [6.45, 7) is 4.41. The van der Waals surface area contributed by atoms with Gasteiger partial charge in [0, 0.05) is 44.8 Å². The number of ether oxygens (including phenoxy) is 1. The smallest absolute Gasteiger partial charge is 0.320 e. The molecular weight excluding hydrogens is 301 g/mol. The van der Waals surface area contributed by atoms with Crippen molar-refractivity contribution in [2.45, 2.75) is 0 Å². The summed E-state index contributed by atoms with van der Waals surface area (Å²) in [7, 11) is 0. The molecule has 1 aromatic rings. The van der Waals surface area contributed by atoms with Crippen LogP contribution in [0, 0.1) is 5.82 Å². The van der Waals surface area contributed by atoms with E-state index < -0.39 is 0 Å². The second-order valence-electron chi connectivity index (χ2n) is 5.67. The second-order valence-corrected chi connectivity index (χ2v) is 5.67. The molecule has 0 N–H and O–H groups in total. The van der Waals surface area contributed by atoms with Gasteiger partial charge in [-0.3, -0.25) is 4.79 Å². The average molecular weight is 321 g/mol. The van der Waals surface area contributed by atoms with E-state index in [9.17, 15) is 14.0 Å². The Labute approximate surface area is 134 Å². The number of benzene rings is 1. The molecule has 6 nitrogen and oxygen atoms in total. The topological polar surface area (TPSA) is 53.1 Å². The fourth-order valence-corrected chi connectivity index (χ4v) is 2.83. The number of amides is 3. The fraction of sp³-hybridized carbons (Fsp3) is 0.500. The van der Waals surface area contributed by atoms with Crippen molar-refractivity contribution in [3.05, 3.63) is 35.6 Å². The first-order valence-electron chi connectivity index (χ1n) is 7.81. The molecule has 0 radical (unpaired) electrons. The van der Waals surface area contributed by atoms with Crippen molar-refractivity contribution in [1.82, 2.24) is 14.7 Å². The zero-order valence-electron chi connectivity index (χ0n) is 12.9. The molecule has 23 heavy (non-hydrogen) atoms. The van der Waals surface area contributed by atoms with E-state index in [0.29, 0.717) is 58.0 Å². The molecule has 2 heterocycles. The maximum absolute atomic E-state index is 12.9. The Morgan fingerprint density at radius 1 is 0.826 bits per heavy atom. The Bertz CT molecular complexity index is 564. The molecule has 0 bridgehead atoms. The van der Waals surface area contributed by atoms with E-state index >= 15 is 0 Å². The highest BCUT2D eigenvalue weighted by Gasteiger charge is 2.28. The highest BCUT2D eigenvalue weighted by atomic mass is 19.1. The molecule has 2 saturated heterocycles. The molecule has 0 unspecified atom stereocenters. The van der Waals surface area contributed by atoms with Gasteiger partial charge < -0.3 is 19.4 Å². The number of carbonyl (C=O) groups is 2. The Balaban J connectivity index is 1.54. The Morgan fingerprint density at radius 3 is 1.96 bits per heavy atom. The lowest BCUT2D eigenvalue weighted by Crippen LogP contribution is -2.55. The van der Waals surface area contributed by atoms with Crippen molar-refractivity contribution in [3.8, 4) is 0 Å². The summed E-state index contributed by atoms with van der Waals surface area (Å²) >= 11 is 0. The predicted molar refractivity (Wildman–Crippen MR) is 81.7 cm³/mol. The first-order chi connectivity index (χ1) is 11.1. The summed E-state index contributed by atoms with van der Waals surface area (Å²) in [5.41, 5.74) is 0.472. The minimum atomic E-state index is -0.359. The zero-order chi connectivity index (χ0) is 16.2. The van der Waals surface area contributed by atoms with Gasteiger partial charge in [0.15, 0.2) is 0 Å². The fourth-order valence-electron chi connectivity index (χ4n) is 2.83. The zero-order valence-corrected chi connectivity index (χ0v) is 12.9. The third kappa shape index (κ3) is 3.61. The van der Waals surface area contributed by atoms with E-state index in [0.717, 1.165) is 0 Å². The number of carbonyl (C=O) groups excluding carboxylic acids is 2. The van der Waals surface area contributed by atoms with Crippen LogP contribution < -0.4 is 0 Å². The lowest BCUT2D eigenvalue weighted by Gasteiger charge is -2.38. The number of rotatable bonds is 1. The summed E-state index contributed by atoms with van der Waals surface area (Å²) in [6, 6.07) is 5.56. The van der Waals surface area contributed by atoms with Crippen molar-refractivity contribution in [1.29, 1.82) is 0 Å². The van der Waals surface area contributed by atoms with E-state index in [1.54, 1.807) is 14.7 Å². The molecule has 0 spiro atoms. The highest BCUT2D eigenvalue weighted by Crippen LogP contribution is 2.12. The van der Waals surface area contributed by atoms with E-state index in [1.807, 2.05) is 0 Å². The van der Waals surface area contributed by atoms with Crippen molar-refractivity contribution in [2.75, 3.05) is 52.5 Å². The van der Waals surface area contributed by atoms with Gasteiger partial charge in [0.2, 0.25) is 0 Å². The van der Waals surface area contributed by atoms with Crippen LogP contribution >= 0.6 is 0 Å². The first-order valence-corrected chi connectivity index (χ1v) is 7.81. The number of piperazine rings is 1. The first kappa shape index (κ1) is 15.7. The summed E-state index contributed by atoms with van der Waals surface area (Å²) in [6.07, 6.45) is 0. The largest absolute Gasteiger partial charge is 0.378 e. The van der Waals surface area contributed by atoms with E-state index in [1.165, 1.54) is 24.3 Å². The van der Waals surface area contributed by atoms with Crippen molar-refractivity contribution in [3.63, 3.8) is 0 Å².